The number of halogens is 1. The number of hydrogen-bond acceptors (Lipinski definition) is 4. The molecule has 3 rings (SSSR count). The van der Waals surface area contributed by atoms with Crippen LogP contribution in [0.2, 0.25) is 0 Å². The number of benzene rings is 2. The number of carbonyl (C=O) groups excluding carboxylic acids is 2. The highest BCUT2D eigenvalue weighted by molar-refractivity contribution is 6.06. The van der Waals surface area contributed by atoms with Crippen LogP contribution < -0.4 is 20.7 Å². The molecule has 1 aliphatic heterocycles. The van der Waals surface area contributed by atoms with Gasteiger partial charge >= 0.3 is 0 Å². The molecule has 0 unspecified atom stereocenters. The molecule has 0 saturated carbocycles. The van der Waals surface area contributed by atoms with Crippen LogP contribution in [0.25, 0.3) is 0 Å². The second kappa shape index (κ2) is 8.58. The Labute approximate surface area is 158 Å². The van der Waals surface area contributed by atoms with E-state index in [2.05, 4.69) is 16.0 Å². The Morgan fingerprint density at radius 2 is 1.96 bits per heavy atom. The molecule has 2 aromatic carbocycles. The van der Waals surface area contributed by atoms with E-state index in [1.54, 1.807) is 18.2 Å². The molecule has 0 aromatic heterocycles. The number of rotatable bonds is 4. The highest BCUT2D eigenvalue weighted by Gasteiger charge is 2.18. The second-order valence-electron chi connectivity index (χ2n) is 5.91. The first-order valence-corrected chi connectivity index (χ1v) is 8.21. The van der Waals surface area contributed by atoms with Crippen LogP contribution in [0.3, 0.4) is 0 Å². The largest absolute Gasteiger partial charge is 0.494 e. The number of nitrogens with one attached hydrogen (secondary N) is 3. The fraction of sp³-hybridized carbons (Fsp3) is 0.263. The standard InChI is InChI=1S/C19H21N3O3.ClH/c1-12(23)21-17-9-8-13(11-18(17)25-2)22-19(24)15-5-3-7-16-14(15)6-4-10-20-16;/h3,5,7-9,11,20H,4,6,10H2,1-2H3,(H,21,23)(H,22,24);1H. The highest BCUT2D eigenvalue weighted by atomic mass is 35.5. The lowest BCUT2D eigenvalue weighted by atomic mass is 9.97. The third-order valence-corrected chi connectivity index (χ3v) is 4.11. The van der Waals surface area contributed by atoms with Gasteiger partial charge in [0.2, 0.25) is 5.91 Å². The van der Waals surface area contributed by atoms with Gasteiger partial charge in [-0.05, 0) is 42.7 Å². The van der Waals surface area contributed by atoms with E-state index in [0.29, 0.717) is 22.7 Å². The number of carbonyl (C=O) groups is 2. The van der Waals surface area contributed by atoms with Gasteiger partial charge in [-0.1, -0.05) is 6.07 Å². The van der Waals surface area contributed by atoms with E-state index in [1.807, 2.05) is 18.2 Å². The van der Waals surface area contributed by atoms with E-state index in [-0.39, 0.29) is 24.2 Å². The van der Waals surface area contributed by atoms with Crippen LogP contribution in [0, 0.1) is 0 Å². The summed E-state index contributed by atoms with van der Waals surface area (Å²) in [6.45, 7) is 2.36. The van der Waals surface area contributed by atoms with Crippen LogP contribution in [-0.4, -0.2) is 25.5 Å². The fourth-order valence-corrected chi connectivity index (χ4v) is 2.98. The lowest BCUT2D eigenvalue weighted by Crippen LogP contribution is -2.19. The van der Waals surface area contributed by atoms with E-state index in [0.717, 1.165) is 30.6 Å². The number of fused-ring (bicyclic) bond motifs is 1. The van der Waals surface area contributed by atoms with Crippen molar-refractivity contribution in [2.24, 2.45) is 0 Å². The third-order valence-electron chi connectivity index (χ3n) is 4.11. The molecule has 7 heteroatoms. The maximum Gasteiger partial charge on any atom is 0.256 e. The Kier molecular flexibility index (Phi) is 6.46. The first kappa shape index (κ1) is 19.6. The first-order valence-electron chi connectivity index (χ1n) is 8.21. The van der Waals surface area contributed by atoms with Gasteiger partial charge in [0.05, 0.1) is 12.8 Å². The molecule has 0 saturated heterocycles. The second-order valence-corrected chi connectivity index (χ2v) is 5.91. The molecule has 3 N–H and O–H groups in total. The van der Waals surface area contributed by atoms with Gasteiger partial charge in [-0.3, -0.25) is 9.59 Å². The number of ether oxygens (including phenoxy) is 1. The molecule has 2 amide bonds. The van der Waals surface area contributed by atoms with Crippen molar-refractivity contribution in [3.05, 3.63) is 47.5 Å². The maximum absolute atomic E-state index is 12.7. The highest BCUT2D eigenvalue weighted by Crippen LogP contribution is 2.29. The van der Waals surface area contributed by atoms with Crippen LogP contribution in [0.15, 0.2) is 36.4 Å². The van der Waals surface area contributed by atoms with E-state index >= 15 is 0 Å². The molecule has 138 valence electrons. The number of anilines is 3. The fourth-order valence-electron chi connectivity index (χ4n) is 2.98. The van der Waals surface area contributed by atoms with Crippen molar-refractivity contribution in [3.63, 3.8) is 0 Å². The Hall–Kier alpha value is -2.73. The quantitative estimate of drug-likeness (QED) is 0.761. The van der Waals surface area contributed by atoms with E-state index < -0.39 is 0 Å². The Morgan fingerprint density at radius 3 is 2.69 bits per heavy atom. The van der Waals surface area contributed by atoms with Gasteiger partial charge in [0.25, 0.3) is 5.91 Å². The molecule has 0 bridgehead atoms. The van der Waals surface area contributed by atoms with Crippen molar-refractivity contribution in [2.75, 3.05) is 29.6 Å². The minimum Gasteiger partial charge on any atom is -0.494 e. The molecule has 1 heterocycles. The zero-order valence-electron chi connectivity index (χ0n) is 14.7. The van der Waals surface area contributed by atoms with Crippen LogP contribution in [0.5, 0.6) is 5.75 Å². The predicted octanol–water partition coefficient (Wildman–Crippen LogP) is 3.69. The number of amides is 2. The summed E-state index contributed by atoms with van der Waals surface area (Å²) in [6, 6.07) is 10.8. The van der Waals surface area contributed by atoms with Gasteiger partial charge < -0.3 is 20.7 Å². The van der Waals surface area contributed by atoms with Gasteiger partial charge in [-0.25, -0.2) is 0 Å². The summed E-state index contributed by atoms with van der Waals surface area (Å²) in [6.07, 6.45) is 1.90. The van der Waals surface area contributed by atoms with Crippen molar-refractivity contribution < 1.29 is 14.3 Å². The van der Waals surface area contributed by atoms with E-state index in [9.17, 15) is 9.59 Å². The van der Waals surface area contributed by atoms with Crippen LogP contribution >= 0.6 is 12.4 Å². The first-order chi connectivity index (χ1) is 12.1. The van der Waals surface area contributed by atoms with Crippen molar-refractivity contribution in [1.82, 2.24) is 0 Å². The zero-order valence-corrected chi connectivity index (χ0v) is 15.5. The summed E-state index contributed by atoms with van der Waals surface area (Å²) in [5.41, 5.74) is 3.92. The average Bonchev–Trinajstić information content (AvgIpc) is 2.62. The smallest absolute Gasteiger partial charge is 0.256 e. The van der Waals surface area contributed by atoms with Crippen molar-refractivity contribution in [2.45, 2.75) is 19.8 Å². The molecule has 6 nitrogen and oxygen atoms in total. The lowest BCUT2D eigenvalue weighted by molar-refractivity contribution is -0.114. The van der Waals surface area contributed by atoms with Gasteiger partial charge in [-0.2, -0.15) is 0 Å². The zero-order chi connectivity index (χ0) is 17.8. The molecular formula is C19H22ClN3O3. The van der Waals surface area contributed by atoms with Gasteiger partial charge in [0.1, 0.15) is 5.75 Å². The molecule has 0 radical (unpaired) electrons. The van der Waals surface area contributed by atoms with Crippen LogP contribution in [0.1, 0.15) is 29.3 Å². The van der Waals surface area contributed by atoms with E-state index in [1.165, 1.54) is 14.0 Å². The normalized spacial score (nSPS) is 12.1. The van der Waals surface area contributed by atoms with Gasteiger partial charge in [0.15, 0.2) is 0 Å². The van der Waals surface area contributed by atoms with E-state index in [4.69, 9.17) is 4.74 Å². The Morgan fingerprint density at radius 1 is 1.15 bits per heavy atom. The maximum atomic E-state index is 12.7. The predicted molar refractivity (Wildman–Crippen MR) is 106 cm³/mol. The summed E-state index contributed by atoms with van der Waals surface area (Å²) >= 11 is 0. The number of hydrogen-bond donors (Lipinski definition) is 3. The molecule has 0 aliphatic carbocycles. The molecule has 26 heavy (non-hydrogen) atoms. The Balaban J connectivity index is 0.00000243. The molecule has 0 fully saturated rings. The van der Waals surface area contributed by atoms with Gasteiger partial charge in [-0.15, -0.1) is 12.4 Å². The minimum atomic E-state index is -0.182. The number of methoxy groups -OCH3 is 1. The average molecular weight is 376 g/mol. The summed E-state index contributed by atoms with van der Waals surface area (Å²) in [5, 5.41) is 8.92. The van der Waals surface area contributed by atoms with Gasteiger partial charge in [0, 0.05) is 36.5 Å². The Bertz CT molecular complexity index is 824. The molecule has 0 atom stereocenters. The SMILES string of the molecule is COc1cc(NC(=O)c2cccc3c2CCCN3)ccc1NC(C)=O.Cl. The minimum absolute atomic E-state index is 0. The summed E-state index contributed by atoms with van der Waals surface area (Å²) < 4.78 is 5.29. The lowest BCUT2D eigenvalue weighted by Gasteiger charge is -2.20. The molecule has 1 aliphatic rings. The topological polar surface area (TPSA) is 79.5 Å². The van der Waals surface area contributed by atoms with Crippen molar-refractivity contribution in [1.29, 1.82) is 0 Å². The molecular weight excluding hydrogens is 354 g/mol. The third kappa shape index (κ3) is 4.26. The van der Waals surface area contributed by atoms with Crippen LogP contribution in [0.4, 0.5) is 17.1 Å². The van der Waals surface area contributed by atoms with Crippen molar-refractivity contribution in [3.8, 4) is 5.75 Å². The molecule has 0 spiro atoms. The molecule has 2 aromatic rings. The summed E-state index contributed by atoms with van der Waals surface area (Å²) in [7, 11) is 1.52. The van der Waals surface area contributed by atoms with Crippen molar-refractivity contribution >= 4 is 41.3 Å². The summed E-state index contributed by atoms with van der Waals surface area (Å²) in [5.74, 6) is 0.151. The monoisotopic (exact) mass is 375 g/mol. The summed E-state index contributed by atoms with van der Waals surface area (Å²) in [4.78, 5) is 23.9. The van der Waals surface area contributed by atoms with Crippen LogP contribution in [-0.2, 0) is 11.2 Å².